The lowest BCUT2D eigenvalue weighted by Gasteiger charge is -2.27. The van der Waals surface area contributed by atoms with E-state index in [1.165, 1.54) is 5.56 Å². The second-order valence-corrected chi connectivity index (χ2v) is 5.41. The fraction of sp³-hybridized carbons (Fsp3) is 0.588. The molecule has 0 aliphatic heterocycles. The molecule has 0 spiro atoms. The van der Waals surface area contributed by atoms with Gasteiger partial charge in [0.25, 0.3) is 0 Å². The highest BCUT2D eigenvalue weighted by Gasteiger charge is 2.42. The van der Waals surface area contributed by atoms with Crippen LogP contribution in [0.1, 0.15) is 61.9 Å². The molecule has 0 amide bonds. The molecule has 1 aliphatic carbocycles. The summed E-state index contributed by atoms with van der Waals surface area (Å²) in [4.78, 5) is 12.8. The van der Waals surface area contributed by atoms with Gasteiger partial charge in [-0.05, 0) is 50.7 Å². The van der Waals surface area contributed by atoms with Crippen LogP contribution in [0.15, 0.2) is 24.3 Å². The number of hydrogen-bond acceptors (Lipinski definition) is 2. The summed E-state index contributed by atoms with van der Waals surface area (Å²) < 4.78 is 5.86. The smallest absolute Gasteiger partial charge is 0.194 e. The summed E-state index contributed by atoms with van der Waals surface area (Å²) in [6.07, 6.45) is 6.08. The lowest BCUT2D eigenvalue weighted by molar-refractivity contribution is -0.0163. The molecule has 2 heteroatoms. The molecule has 1 aromatic carbocycles. The van der Waals surface area contributed by atoms with Gasteiger partial charge < -0.3 is 4.74 Å². The van der Waals surface area contributed by atoms with Gasteiger partial charge in [0.1, 0.15) is 5.60 Å². The first-order valence-electron chi connectivity index (χ1n) is 7.49. The maximum atomic E-state index is 12.8. The molecule has 1 fully saturated rings. The highest BCUT2D eigenvalue weighted by molar-refractivity contribution is 6.02. The normalized spacial score (nSPS) is 17.6. The summed E-state index contributed by atoms with van der Waals surface area (Å²) >= 11 is 0. The first-order valence-corrected chi connectivity index (χ1v) is 7.49. The zero-order valence-corrected chi connectivity index (χ0v) is 12.1. The van der Waals surface area contributed by atoms with Gasteiger partial charge in [-0.3, -0.25) is 4.79 Å². The Balaban J connectivity index is 2.24. The lowest BCUT2D eigenvalue weighted by atomic mass is 9.90. The average molecular weight is 260 g/mol. The standard InChI is InChI=1S/C17H24O2/c1-3-8-14-9-7-10-15(13-14)16(18)17(19-4-2)11-5-6-12-17/h7,9-10,13H,3-6,8,11-12H2,1-2H3. The molecule has 1 aromatic rings. The van der Waals surface area contributed by atoms with Crippen LogP contribution < -0.4 is 0 Å². The fourth-order valence-corrected chi connectivity index (χ4v) is 3.08. The van der Waals surface area contributed by atoms with E-state index in [-0.39, 0.29) is 5.78 Å². The molecule has 1 saturated carbocycles. The summed E-state index contributed by atoms with van der Waals surface area (Å²) in [5.74, 6) is 0.185. The monoisotopic (exact) mass is 260 g/mol. The number of benzene rings is 1. The number of aryl methyl sites for hydroxylation is 1. The van der Waals surface area contributed by atoms with Crippen LogP contribution in [0.4, 0.5) is 0 Å². The van der Waals surface area contributed by atoms with E-state index in [0.717, 1.165) is 44.1 Å². The molecule has 0 saturated heterocycles. The predicted molar refractivity (Wildman–Crippen MR) is 77.6 cm³/mol. The third kappa shape index (κ3) is 3.06. The predicted octanol–water partition coefficient (Wildman–Crippen LogP) is 4.17. The molecule has 0 aromatic heterocycles. The maximum absolute atomic E-state index is 12.8. The molecule has 0 atom stereocenters. The zero-order valence-electron chi connectivity index (χ0n) is 12.1. The van der Waals surface area contributed by atoms with Crippen LogP contribution in [0, 0.1) is 0 Å². The lowest BCUT2D eigenvalue weighted by Crippen LogP contribution is -2.39. The van der Waals surface area contributed by atoms with Crippen LogP contribution in [0.3, 0.4) is 0 Å². The van der Waals surface area contributed by atoms with E-state index in [1.54, 1.807) is 0 Å². The molecule has 19 heavy (non-hydrogen) atoms. The number of ketones is 1. The van der Waals surface area contributed by atoms with Crippen LogP contribution in [0.25, 0.3) is 0 Å². The van der Waals surface area contributed by atoms with Crippen molar-refractivity contribution in [3.8, 4) is 0 Å². The number of carbonyl (C=O) groups excluding carboxylic acids is 1. The first kappa shape index (κ1) is 14.3. The SMILES string of the molecule is CCCc1cccc(C(=O)C2(OCC)CCCC2)c1. The Labute approximate surface area is 116 Å². The van der Waals surface area contributed by atoms with Gasteiger partial charge in [0.05, 0.1) is 0 Å². The number of ether oxygens (including phenoxy) is 1. The van der Waals surface area contributed by atoms with Crippen molar-refractivity contribution >= 4 is 5.78 Å². The first-order chi connectivity index (χ1) is 9.22. The topological polar surface area (TPSA) is 26.3 Å². The molecule has 2 nitrogen and oxygen atoms in total. The summed E-state index contributed by atoms with van der Waals surface area (Å²) in [6, 6.07) is 8.07. The van der Waals surface area contributed by atoms with Crippen molar-refractivity contribution in [3.63, 3.8) is 0 Å². The van der Waals surface area contributed by atoms with Gasteiger partial charge >= 0.3 is 0 Å². The number of rotatable bonds is 6. The van der Waals surface area contributed by atoms with E-state index in [2.05, 4.69) is 13.0 Å². The zero-order chi connectivity index (χ0) is 13.7. The maximum Gasteiger partial charge on any atom is 0.194 e. The summed E-state index contributed by atoms with van der Waals surface area (Å²) in [5.41, 5.74) is 1.53. The van der Waals surface area contributed by atoms with Gasteiger partial charge in [0, 0.05) is 12.2 Å². The second-order valence-electron chi connectivity index (χ2n) is 5.41. The van der Waals surface area contributed by atoms with Gasteiger partial charge in [0.15, 0.2) is 5.78 Å². The highest BCUT2D eigenvalue weighted by Crippen LogP contribution is 2.36. The third-order valence-electron chi connectivity index (χ3n) is 3.97. The molecule has 1 aliphatic rings. The summed E-state index contributed by atoms with van der Waals surface area (Å²) in [6.45, 7) is 4.74. The Kier molecular flexibility index (Phi) is 4.76. The van der Waals surface area contributed by atoms with Crippen molar-refractivity contribution in [3.05, 3.63) is 35.4 Å². The van der Waals surface area contributed by atoms with Crippen molar-refractivity contribution < 1.29 is 9.53 Å². The second kappa shape index (κ2) is 6.33. The Morgan fingerprint density at radius 2 is 2.00 bits per heavy atom. The molecular weight excluding hydrogens is 236 g/mol. The Morgan fingerprint density at radius 1 is 1.26 bits per heavy atom. The minimum absolute atomic E-state index is 0.185. The van der Waals surface area contributed by atoms with E-state index >= 15 is 0 Å². The van der Waals surface area contributed by atoms with Gasteiger partial charge in [-0.15, -0.1) is 0 Å². The minimum Gasteiger partial charge on any atom is -0.367 e. The number of Topliss-reactive ketones (excluding diaryl/α,β-unsaturated/α-hetero) is 1. The van der Waals surface area contributed by atoms with Crippen LogP contribution >= 0.6 is 0 Å². The van der Waals surface area contributed by atoms with E-state index < -0.39 is 5.60 Å². The highest BCUT2D eigenvalue weighted by atomic mass is 16.5. The molecule has 0 radical (unpaired) electrons. The number of carbonyl (C=O) groups is 1. The molecule has 2 rings (SSSR count). The third-order valence-corrected chi connectivity index (χ3v) is 3.97. The van der Waals surface area contributed by atoms with Crippen LogP contribution in [0.2, 0.25) is 0 Å². The Hall–Kier alpha value is -1.15. The minimum atomic E-state index is -0.542. The molecule has 0 bridgehead atoms. The van der Waals surface area contributed by atoms with Crippen molar-refractivity contribution in [1.82, 2.24) is 0 Å². The molecular formula is C17H24O2. The van der Waals surface area contributed by atoms with Crippen LogP contribution in [-0.2, 0) is 11.2 Å². The van der Waals surface area contributed by atoms with Crippen molar-refractivity contribution in [1.29, 1.82) is 0 Å². The van der Waals surface area contributed by atoms with Gasteiger partial charge in [-0.1, -0.05) is 31.5 Å². The van der Waals surface area contributed by atoms with E-state index in [0.29, 0.717) is 6.61 Å². The molecule has 0 N–H and O–H groups in total. The van der Waals surface area contributed by atoms with Crippen molar-refractivity contribution in [2.75, 3.05) is 6.61 Å². The quantitative estimate of drug-likeness (QED) is 0.717. The van der Waals surface area contributed by atoms with Crippen molar-refractivity contribution in [2.45, 2.75) is 58.0 Å². The Morgan fingerprint density at radius 3 is 2.63 bits per heavy atom. The van der Waals surface area contributed by atoms with E-state index in [9.17, 15) is 4.79 Å². The average Bonchev–Trinajstić information content (AvgIpc) is 2.89. The van der Waals surface area contributed by atoms with Gasteiger partial charge in [-0.25, -0.2) is 0 Å². The van der Waals surface area contributed by atoms with Gasteiger partial charge in [-0.2, -0.15) is 0 Å². The summed E-state index contributed by atoms with van der Waals surface area (Å²) in [7, 11) is 0. The largest absolute Gasteiger partial charge is 0.367 e. The van der Waals surface area contributed by atoms with Crippen LogP contribution in [-0.4, -0.2) is 18.0 Å². The van der Waals surface area contributed by atoms with Crippen LogP contribution in [0.5, 0.6) is 0 Å². The fourth-order valence-electron chi connectivity index (χ4n) is 3.08. The van der Waals surface area contributed by atoms with Gasteiger partial charge in [0.2, 0.25) is 0 Å². The Bertz CT molecular complexity index is 431. The molecule has 0 unspecified atom stereocenters. The van der Waals surface area contributed by atoms with Crippen molar-refractivity contribution in [2.24, 2.45) is 0 Å². The van der Waals surface area contributed by atoms with E-state index in [1.807, 2.05) is 25.1 Å². The summed E-state index contributed by atoms with van der Waals surface area (Å²) in [5, 5.41) is 0. The number of hydrogen-bond donors (Lipinski definition) is 0. The molecule has 104 valence electrons. The molecule has 0 heterocycles. The van der Waals surface area contributed by atoms with E-state index in [4.69, 9.17) is 4.74 Å².